The number of anilines is 1. The highest BCUT2D eigenvalue weighted by molar-refractivity contribution is 5.93. The summed E-state index contributed by atoms with van der Waals surface area (Å²) in [4.78, 5) is 7.07. The summed E-state index contributed by atoms with van der Waals surface area (Å²) in [6.45, 7) is 14.8. The van der Waals surface area contributed by atoms with E-state index in [0.717, 1.165) is 43.6 Å². The molecule has 6 nitrogen and oxygen atoms in total. The summed E-state index contributed by atoms with van der Waals surface area (Å²) in [6.07, 6.45) is 0. The average Bonchev–Trinajstić information content (AvgIpc) is 2.59. The first-order chi connectivity index (χ1) is 12.0. The van der Waals surface area contributed by atoms with E-state index in [9.17, 15) is 0 Å². The predicted octanol–water partition coefficient (Wildman–Crippen LogP) is 3.20. The average molecular weight is 351 g/mol. The Morgan fingerprint density at radius 3 is 2.52 bits per heavy atom. The fraction of sp³-hybridized carbons (Fsp3) is 0.632. The molecule has 25 heavy (non-hydrogen) atoms. The Morgan fingerprint density at radius 2 is 1.96 bits per heavy atom. The molecule has 1 rings (SSSR count). The zero-order valence-corrected chi connectivity index (χ0v) is 16.6. The normalized spacial score (nSPS) is 11.8. The number of methoxy groups -OCH3 is 1. The third-order valence-corrected chi connectivity index (χ3v) is 3.86. The Kier molecular flexibility index (Phi) is 9.77. The summed E-state index contributed by atoms with van der Waals surface area (Å²) in [5.41, 5.74) is 0.913. The van der Waals surface area contributed by atoms with E-state index in [2.05, 4.69) is 48.2 Å². The molecule has 142 valence electrons. The lowest BCUT2D eigenvalue weighted by Crippen LogP contribution is -2.35. The van der Waals surface area contributed by atoms with E-state index < -0.39 is 0 Å². The lowest BCUT2D eigenvalue weighted by atomic mass is 10.2. The van der Waals surface area contributed by atoms with Crippen molar-refractivity contribution >= 4 is 11.6 Å². The maximum Gasteiger partial charge on any atom is 0.195 e. The molecule has 0 atom stereocenters. The summed E-state index contributed by atoms with van der Waals surface area (Å²) >= 11 is 0. The number of rotatable bonds is 10. The van der Waals surface area contributed by atoms with Gasteiger partial charge in [-0.15, -0.1) is 0 Å². The van der Waals surface area contributed by atoms with E-state index in [-0.39, 0.29) is 0 Å². The smallest absolute Gasteiger partial charge is 0.195 e. The standard InChI is InChI=1S/C19H34N4O2/c1-7-20-19(21-12-13-23(8-2)15(4)5)22-16-10-11-17(25-9-3)18(14-16)24-6/h10-11,14-15H,7-9,12-13H2,1-6H3,(H2,20,21,22). The van der Waals surface area contributed by atoms with Gasteiger partial charge < -0.3 is 20.1 Å². The monoisotopic (exact) mass is 350 g/mol. The van der Waals surface area contributed by atoms with Crippen molar-refractivity contribution in [1.29, 1.82) is 0 Å². The highest BCUT2D eigenvalue weighted by atomic mass is 16.5. The van der Waals surface area contributed by atoms with Crippen LogP contribution in [0.4, 0.5) is 5.69 Å². The number of hydrogen-bond acceptors (Lipinski definition) is 4. The van der Waals surface area contributed by atoms with E-state index >= 15 is 0 Å². The molecule has 0 spiro atoms. The van der Waals surface area contributed by atoms with Gasteiger partial charge in [-0.2, -0.15) is 0 Å². The highest BCUT2D eigenvalue weighted by Gasteiger charge is 2.08. The van der Waals surface area contributed by atoms with Gasteiger partial charge in [-0.05, 0) is 46.4 Å². The molecule has 0 aliphatic heterocycles. The van der Waals surface area contributed by atoms with Gasteiger partial charge in [0.2, 0.25) is 0 Å². The quantitative estimate of drug-likeness (QED) is 0.501. The zero-order chi connectivity index (χ0) is 18.7. The summed E-state index contributed by atoms with van der Waals surface area (Å²) in [6, 6.07) is 6.33. The van der Waals surface area contributed by atoms with Gasteiger partial charge in [0, 0.05) is 30.9 Å². The predicted molar refractivity (Wildman–Crippen MR) is 106 cm³/mol. The van der Waals surface area contributed by atoms with E-state index in [0.29, 0.717) is 18.4 Å². The minimum atomic E-state index is 0.533. The summed E-state index contributed by atoms with van der Waals surface area (Å²) in [7, 11) is 1.65. The second-order valence-corrected chi connectivity index (χ2v) is 5.91. The van der Waals surface area contributed by atoms with Gasteiger partial charge in [0.15, 0.2) is 17.5 Å². The van der Waals surface area contributed by atoms with E-state index in [1.165, 1.54) is 0 Å². The Bertz CT molecular complexity index is 532. The molecule has 0 amide bonds. The topological polar surface area (TPSA) is 58.1 Å². The van der Waals surface area contributed by atoms with Gasteiger partial charge in [0.05, 0.1) is 20.3 Å². The van der Waals surface area contributed by atoms with Crippen molar-refractivity contribution in [3.63, 3.8) is 0 Å². The largest absolute Gasteiger partial charge is 0.493 e. The molecule has 0 aliphatic carbocycles. The van der Waals surface area contributed by atoms with E-state index in [1.807, 2.05) is 25.1 Å². The molecule has 0 bridgehead atoms. The molecule has 0 unspecified atom stereocenters. The van der Waals surface area contributed by atoms with Crippen molar-refractivity contribution in [3.8, 4) is 11.5 Å². The maximum atomic E-state index is 5.56. The molecule has 2 N–H and O–H groups in total. The number of nitrogens with one attached hydrogen (secondary N) is 2. The maximum absolute atomic E-state index is 5.56. The number of guanidine groups is 1. The third kappa shape index (κ3) is 7.22. The van der Waals surface area contributed by atoms with E-state index in [1.54, 1.807) is 7.11 Å². The van der Waals surface area contributed by atoms with Crippen LogP contribution in [0.5, 0.6) is 11.5 Å². The Hall–Kier alpha value is -1.95. The Morgan fingerprint density at radius 1 is 1.20 bits per heavy atom. The summed E-state index contributed by atoms with van der Waals surface area (Å²) < 4.78 is 11.0. The molecular formula is C19H34N4O2. The first kappa shape index (κ1) is 21.1. The molecule has 0 heterocycles. The van der Waals surface area contributed by atoms with Crippen LogP contribution in [0.25, 0.3) is 0 Å². The second kappa shape index (κ2) is 11.6. The number of ether oxygens (including phenoxy) is 2. The Balaban J connectivity index is 2.78. The summed E-state index contributed by atoms with van der Waals surface area (Å²) in [5, 5.41) is 6.61. The molecule has 1 aromatic rings. The van der Waals surface area contributed by atoms with Crippen molar-refractivity contribution < 1.29 is 9.47 Å². The van der Waals surface area contributed by atoms with Gasteiger partial charge in [0.25, 0.3) is 0 Å². The zero-order valence-electron chi connectivity index (χ0n) is 16.6. The summed E-state index contributed by atoms with van der Waals surface area (Å²) in [5.74, 6) is 2.22. The molecule has 0 fully saturated rings. The van der Waals surface area contributed by atoms with Crippen LogP contribution in [-0.4, -0.2) is 56.8 Å². The number of nitrogens with zero attached hydrogens (tertiary/aromatic N) is 2. The number of benzene rings is 1. The number of likely N-dealkylation sites (N-methyl/N-ethyl adjacent to an activating group) is 1. The van der Waals surface area contributed by atoms with Gasteiger partial charge >= 0.3 is 0 Å². The fourth-order valence-electron chi connectivity index (χ4n) is 2.54. The van der Waals surface area contributed by atoms with Crippen LogP contribution in [0.2, 0.25) is 0 Å². The third-order valence-electron chi connectivity index (χ3n) is 3.86. The minimum absolute atomic E-state index is 0.533. The number of aliphatic imine (C=N–C) groups is 1. The first-order valence-electron chi connectivity index (χ1n) is 9.15. The fourth-order valence-corrected chi connectivity index (χ4v) is 2.54. The minimum Gasteiger partial charge on any atom is -0.493 e. The van der Waals surface area contributed by atoms with Crippen LogP contribution in [0.1, 0.15) is 34.6 Å². The molecule has 0 saturated carbocycles. The van der Waals surface area contributed by atoms with Crippen LogP contribution in [0, 0.1) is 0 Å². The molecular weight excluding hydrogens is 316 g/mol. The SMILES string of the molecule is CCNC(=NCCN(CC)C(C)C)Nc1ccc(OCC)c(OC)c1. The van der Waals surface area contributed by atoms with Gasteiger partial charge in [-0.1, -0.05) is 6.92 Å². The van der Waals surface area contributed by atoms with Crippen LogP contribution in [0.3, 0.4) is 0 Å². The van der Waals surface area contributed by atoms with Crippen LogP contribution >= 0.6 is 0 Å². The molecule has 1 aromatic carbocycles. The highest BCUT2D eigenvalue weighted by Crippen LogP contribution is 2.30. The molecule has 6 heteroatoms. The Labute approximate surface area is 152 Å². The lowest BCUT2D eigenvalue weighted by Gasteiger charge is -2.23. The van der Waals surface area contributed by atoms with Crippen LogP contribution in [0.15, 0.2) is 23.2 Å². The van der Waals surface area contributed by atoms with Crippen molar-refractivity contribution in [2.45, 2.75) is 40.7 Å². The van der Waals surface area contributed by atoms with Crippen molar-refractivity contribution in [3.05, 3.63) is 18.2 Å². The van der Waals surface area contributed by atoms with Crippen LogP contribution in [-0.2, 0) is 0 Å². The van der Waals surface area contributed by atoms with E-state index in [4.69, 9.17) is 9.47 Å². The van der Waals surface area contributed by atoms with Crippen molar-refractivity contribution in [2.75, 3.05) is 45.2 Å². The molecule has 0 radical (unpaired) electrons. The molecule has 0 saturated heterocycles. The molecule has 0 aliphatic rings. The first-order valence-corrected chi connectivity index (χ1v) is 9.15. The van der Waals surface area contributed by atoms with Crippen molar-refractivity contribution in [1.82, 2.24) is 10.2 Å². The van der Waals surface area contributed by atoms with Gasteiger partial charge in [-0.3, -0.25) is 9.89 Å². The lowest BCUT2D eigenvalue weighted by molar-refractivity contribution is 0.241. The van der Waals surface area contributed by atoms with Crippen molar-refractivity contribution in [2.24, 2.45) is 4.99 Å². The van der Waals surface area contributed by atoms with Crippen LogP contribution < -0.4 is 20.1 Å². The molecule has 0 aromatic heterocycles. The number of hydrogen-bond donors (Lipinski definition) is 2. The second-order valence-electron chi connectivity index (χ2n) is 5.91. The van der Waals surface area contributed by atoms with Gasteiger partial charge in [0.1, 0.15) is 0 Å². The van der Waals surface area contributed by atoms with Gasteiger partial charge in [-0.25, -0.2) is 0 Å².